The Morgan fingerprint density at radius 2 is 1.89 bits per heavy atom. The number of aryl methyl sites for hydroxylation is 1. The van der Waals surface area contributed by atoms with E-state index in [9.17, 15) is 19.8 Å². The van der Waals surface area contributed by atoms with Crippen molar-refractivity contribution in [2.75, 3.05) is 26.2 Å². The van der Waals surface area contributed by atoms with Crippen molar-refractivity contribution in [2.24, 2.45) is 0 Å². The summed E-state index contributed by atoms with van der Waals surface area (Å²) in [5.41, 5.74) is 4.03. The lowest BCUT2D eigenvalue weighted by molar-refractivity contribution is -0.133. The number of hydrogen-bond donors (Lipinski definition) is 3. The van der Waals surface area contributed by atoms with Crippen molar-refractivity contribution in [3.8, 4) is 5.75 Å². The summed E-state index contributed by atoms with van der Waals surface area (Å²) in [5, 5.41) is 24.2. The minimum atomic E-state index is -1.14. The zero-order valence-electron chi connectivity index (χ0n) is 20.3. The molecule has 0 aromatic heterocycles. The van der Waals surface area contributed by atoms with E-state index in [4.69, 9.17) is 27.9 Å². The van der Waals surface area contributed by atoms with Crippen molar-refractivity contribution in [3.63, 3.8) is 0 Å². The molecule has 2 heterocycles. The lowest BCUT2D eigenvalue weighted by Crippen LogP contribution is -2.48. The summed E-state index contributed by atoms with van der Waals surface area (Å²) in [6.45, 7) is 6.28. The number of ketones is 1. The lowest BCUT2D eigenvalue weighted by atomic mass is 9.77. The standard InChI is InChI=1S/C27H28Cl2N2O5/c1-14-6-4-9-22(15(14)2)36-13-17(32)10-31-11-20-25(21(33)12-31)24(23(27(34)35)16(3)30-20)18-7-5-8-19(28)26(18)29/h4-9,17,24,30,32H,10-13H2,1-3H3,(H,34,35). The molecule has 2 aromatic carbocycles. The van der Waals surface area contributed by atoms with E-state index in [0.29, 0.717) is 34.8 Å². The number of allylic oxidation sites excluding steroid dienone is 1. The van der Waals surface area contributed by atoms with Gasteiger partial charge >= 0.3 is 5.97 Å². The van der Waals surface area contributed by atoms with Gasteiger partial charge in [0.05, 0.1) is 22.2 Å². The summed E-state index contributed by atoms with van der Waals surface area (Å²) in [7, 11) is 0. The normalized spacial score (nSPS) is 19.2. The highest BCUT2D eigenvalue weighted by Gasteiger charge is 2.41. The molecule has 190 valence electrons. The number of carbonyl (C=O) groups is 2. The number of rotatable bonds is 7. The number of dihydropyridines is 1. The first-order chi connectivity index (χ1) is 17.1. The number of benzene rings is 2. The second-order valence-corrected chi connectivity index (χ2v) is 9.98. The van der Waals surface area contributed by atoms with E-state index < -0.39 is 18.0 Å². The maximum Gasteiger partial charge on any atom is 0.334 e. The van der Waals surface area contributed by atoms with Crippen molar-refractivity contribution in [3.05, 3.63) is 85.7 Å². The molecule has 0 saturated heterocycles. The van der Waals surface area contributed by atoms with Gasteiger partial charge in [0, 0.05) is 36.0 Å². The van der Waals surface area contributed by atoms with Gasteiger partial charge in [-0.2, -0.15) is 0 Å². The Kier molecular flexibility index (Phi) is 7.76. The van der Waals surface area contributed by atoms with Gasteiger partial charge in [0.25, 0.3) is 0 Å². The molecular formula is C27H28Cl2N2O5. The highest BCUT2D eigenvalue weighted by molar-refractivity contribution is 6.42. The maximum atomic E-state index is 13.4. The topological polar surface area (TPSA) is 99.1 Å². The maximum absolute atomic E-state index is 13.4. The summed E-state index contributed by atoms with van der Waals surface area (Å²) in [6.07, 6.45) is -0.826. The molecule has 2 aromatic rings. The molecule has 7 nitrogen and oxygen atoms in total. The number of nitrogens with zero attached hydrogens (tertiary/aromatic N) is 1. The van der Waals surface area contributed by atoms with Crippen molar-refractivity contribution in [1.82, 2.24) is 10.2 Å². The fraction of sp³-hybridized carbons (Fsp3) is 0.333. The van der Waals surface area contributed by atoms with Gasteiger partial charge in [-0.05, 0) is 49.6 Å². The van der Waals surface area contributed by atoms with Crippen LogP contribution in [-0.2, 0) is 9.59 Å². The Morgan fingerprint density at radius 1 is 1.17 bits per heavy atom. The van der Waals surface area contributed by atoms with Gasteiger partial charge in [-0.3, -0.25) is 9.69 Å². The monoisotopic (exact) mass is 530 g/mol. The molecule has 0 spiro atoms. The van der Waals surface area contributed by atoms with Crippen LogP contribution in [0.3, 0.4) is 0 Å². The fourth-order valence-electron chi connectivity index (χ4n) is 4.80. The first kappa shape index (κ1) is 26.2. The van der Waals surface area contributed by atoms with Crippen LogP contribution in [0.5, 0.6) is 5.75 Å². The minimum Gasteiger partial charge on any atom is -0.491 e. The lowest BCUT2D eigenvalue weighted by Gasteiger charge is -2.38. The van der Waals surface area contributed by atoms with Crippen LogP contribution in [0.15, 0.2) is 58.9 Å². The van der Waals surface area contributed by atoms with Gasteiger partial charge in [-0.15, -0.1) is 0 Å². The van der Waals surface area contributed by atoms with Crippen LogP contribution in [0.4, 0.5) is 0 Å². The number of carboxylic acids is 1. The Hall–Kier alpha value is -2.84. The molecule has 0 fully saturated rings. The molecule has 0 aliphatic carbocycles. The molecule has 2 aliphatic rings. The number of carboxylic acid groups (broad SMARTS) is 1. The first-order valence-corrected chi connectivity index (χ1v) is 12.3. The van der Waals surface area contributed by atoms with Gasteiger partial charge in [0.15, 0.2) is 5.78 Å². The van der Waals surface area contributed by atoms with Crippen LogP contribution < -0.4 is 10.1 Å². The van der Waals surface area contributed by atoms with Gasteiger partial charge < -0.3 is 20.3 Å². The highest BCUT2D eigenvalue weighted by atomic mass is 35.5. The fourth-order valence-corrected chi connectivity index (χ4v) is 5.22. The number of aliphatic hydroxyl groups is 1. The smallest absolute Gasteiger partial charge is 0.334 e. The second kappa shape index (κ2) is 10.6. The third-order valence-electron chi connectivity index (χ3n) is 6.67. The molecule has 0 bridgehead atoms. The minimum absolute atomic E-state index is 0.0294. The third-order valence-corrected chi connectivity index (χ3v) is 7.51. The van der Waals surface area contributed by atoms with Crippen LogP contribution in [0, 0.1) is 13.8 Å². The zero-order chi connectivity index (χ0) is 26.1. The number of ether oxygens (including phenoxy) is 1. The van der Waals surface area contributed by atoms with E-state index in [1.165, 1.54) is 0 Å². The Balaban J connectivity index is 1.56. The largest absolute Gasteiger partial charge is 0.491 e. The van der Waals surface area contributed by atoms with Crippen molar-refractivity contribution >= 4 is 35.0 Å². The van der Waals surface area contributed by atoms with E-state index in [1.807, 2.05) is 36.9 Å². The first-order valence-electron chi connectivity index (χ1n) is 11.6. The molecule has 3 N–H and O–H groups in total. The van der Waals surface area contributed by atoms with Crippen LogP contribution in [0.25, 0.3) is 0 Å². The number of hydrogen-bond acceptors (Lipinski definition) is 6. The van der Waals surface area contributed by atoms with E-state index in [2.05, 4.69) is 5.32 Å². The molecule has 2 atom stereocenters. The number of Topliss-reactive ketones (excluding diaryl/α,β-unsaturated/α-hetero) is 1. The molecule has 2 unspecified atom stereocenters. The van der Waals surface area contributed by atoms with Crippen molar-refractivity contribution in [2.45, 2.75) is 32.8 Å². The van der Waals surface area contributed by atoms with Crippen LogP contribution in [-0.4, -0.2) is 59.2 Å². The van der Waals surface area contributed by atoms with Gasteiger partial charge in [0.2, 0.25) is 0 Å². The van der Waals surface area contributed by atoms with Gasteiger partial charge in [-0.25, -0.2) is 4.79 Å². The van der Waals surface area contributed by atoms with Crippen molar-refractivity contribution in [1.29, 1.82) is 0 Å². The van der Waals surface area contributed by atoms with E-state index in [1.54, 1.807) is 25.1 Å². The van der Waals surface area contributed by atoms with Gasteiger partial charge in [0.1, 0.15) is 18.5 Å². The Labute approximate surface area is 220 Å². The predicted molar refractivity (Wildman–Crippen MR) is 139 cm³/mol. The second-order valence-electron chi connectivity index (χ2n) is 9.19. The highest BCUT2D eigenvalue weighted by Crippen LogP contribution is 2.44. The van der Waals surface area contributed by atoms with Crippen LogP contribution in [0.1, 0.15) is 29.5 Å². The third kappa shape index (κ3) is 5.15. The van der Waals surface area contributed by atoms with E-state index in [-0.39, 0.29) is 41.1 Å². The average molecular weight is 531 g/mol. The number of carbonyl (C=O) groups excluding carboxylic acids is 1. The SMILES string of the molecule is CC1=C(C(=O)O)C(c2cccc(Cl)c2Cl)C2=C(CN(CC(O)COc3cccc(C)c3C)CC2=O)N1. The average Bonchev–Trinajstić information content (AvgIpc) is 2.80. The van der Waals surface area contributed by atoms with Crippen LogP contribution in [0.2, 0.25) is 10.0 Å². The predicted octanol–water partition coefficient (Wildman–Crippen LogP) is 4.23. The van der Waals surface area contributed by atoms with Crippen molar-refractivity contribution < 1.29 is 24.5 Å². The summed E-state index contributed by atoms with van der Waals surface area (Å²) in [4.78, 5) is 27.4. The summed E-state index contributed by atoms with van der Waals surface area (Å²) in [6, 6.07) is 10.8. The molecule has 0 amide bonds. The molecule has 0 saturated carbocycles. The van der Waals surface area contributed by atoms with Crippen LogP contribution >= 0.6 is 23.2 Å². The molecule has 0 radical (unpaired) electrons. The Morgan fingerprint density at radius 3 is 2.61 bits per heavy atom. The van der Waals surface area contributed by atoms with Gasteiger partial charge in [-0.1, -0.05) is 47.5 Å². The quantitative estimate of drug-likeness (QED) is 0.492. The summed E-state index contributed by atoms with van der Waals surface area (Å²) in [5.74, 6) is -1.51. The summed E-state index contributed by atoms with van der Waals surface area (Å²) >= 11 is 12.7. The molecule has 9 heteroatoms. The van der Waals surface area contributed by atoms with E-state index >= 15 is 0 Å². The number of aliphatic carboxylic acids is 1. The molecule has 2 aliphatic heterocycles. The number of nitrogens with one attached hydrogen (secondary N) is 1. The number of aliphatic hydroxyl groups excluding tert-OH is 1. The van der Waals surface area contributed by atoms with E-state index in [0.717, 1.165) is 11.1 Å². The summed E-state index contributed by atoms with van der Waals surface area (Å²) < 4.78 is 5.82. The Bertz CT molecular complexity index is 1290. The number of β-amino-alcohol motifs (C(OH)–C–C–N with tert-alkyl or cyclic N) is 1. The molecule has 36 heavy (non-hydrogen) atoms. The number of halogens is 2. The zero-order valence-corrected chi connectivity index (χ0v) is 21.8. The molecular weight excluding hydrogens is 503 g/mol. The molecule has 4 rings (SSSR count).